The molecule has 0 amide bonds. The number of rotatable bonds is 15. The largest absolute Gasteiger partial charge is 0.461 e. The molecule has 0 radical (unpaired) electrons. The maximum atomic E-state index is 12.3. The van der Waals surface area contributed by atoms with Gasteiger partial charge in [0.1, 0.15) is 18.8 Å². The summed E-state index contributed by atoms with van der Waals surface area (Å²) < 4.78 is 17.0. The number of hydrogen-bond acceptors (Lipinski definition) is 7. The molecule has 0 saturated carbocycles. The van der Waals surface area contributed by atoms with Crippen LogP contribution in [0.15, 0.2) is 60.7 Å². The number of esters is 1. The van der Waals surface area contributed by atoms with Gasteiger partial charge in [0.2, 0.25) is 0 Å². The molecule has 0 bridgehead atoms. The van der Waals surface area contributed by atoms with Crippen molar-refractivity contribution < 1.29 is 29.2 Å². The first kappa shape index (κ1) is 28.3. The van der Waals surface area contributed by atoms with Gasteiger partial charge in [0.05, 0.1) is 19.1 Å². The summed E-state index contributed by atoms with van der Waals surface area (Å²) in [6.07, 6.45) is 2.14. The van der Waals surface area contributed by atoms with Crippen LogP contribution < -0.4 is 0 Å². The van der Waals surface area contributed by atoms with Crippen LogP contribution >= 0.6 is 0 Å². The summed E-state index contributed by atoms with van der Waals surface area (Å²) in [5.74, 6) is -0.230. The summed E-state index contributed by atoms with van der Waals surface area (Å²) in [6.45, 7) is 4.58. The molecule has 3 rings (SSSR count). The Kier molecular flexibility index (Phi) is 12.4. The molecule has 7 heteroatoms. The van der Waals surface area contributed by atoms with Gasteiger partial charge in [-0.2, -0.15) is 0 Å². The van der Waals surface area contributed by atoms with Gasteiger partial charge in [-0.3, -0.25) is 4.79 Å². The van der Waals surface area contributed by atoms with Crippen LogP contribution in [0.2, 0.25) is 0 Å². The van der Waals surface area contributed by atoms with Gasteiger partial charge in [0.25, 0.3) is 0 Å². The number of benzene rings is 2. The standard InChI is InChI=1S/C29H41NO6/c1-2-3-4-11-18-30(20-17-27(33)34-21-23-12-7-5-8-13-23)19-16-25(31)28-26(32)22-35-29(36-28)24-14-9-6-10-15-24/h5-10,12-15,25-26,28-29,31-32H,2-4,11,16-22H2,1H3/t25-,26-,28+,29-/m1/s1. The Balaban J connectivity index is 1.48. The molecular formula is C29H41NO6. The van der Waals surface area contributed by atoms with Crippen molar-refractivity contribution in [3.8, 4) is 0 Å². The van der Waals surface area contributed by atoms with Gasteiger partial charge < -0.3 is 29.3 Å². The lowest BCUT2D eigenvalue weighted by Crippen LogP contribution is -2.48. The van der Waals surface area contributed by atoms with Gasteiger partial charge in [0, 0.05) is 18.7 Å². The third-order valence-corrected chi connectivity index (χ3v) is 6.47. The van der Waals surface area contributed by atoms with Gasteiger partial charge in [-0.25, -0.2) is 0 Å². The predicted octanol–water partition coefficient (Wildman–Crippen LogP) is 4.23. The molecule has 0 aromatic heterocycles. The fraction of sp³-hybridized carbons (Fsp3) is 0.552. The fourth-order valence-electron chi connectivity index (χ4n) is 4.32. The van der Waals surface area contributed by atoms with Crippen LogP contribution in [0.3, 0.4) is 0 Å². The van der Waals surface area contributed by atoms with Crippen molar-refractivity contribution in [3.63, 3.8) is 0 Å². The third kappa shape index (κ3) is 9.64. The van der Waals surface area contributed by atoms with E-state index in [9.17, 15) is 15.0 Å². The Hall–Kier alpha value is -2.29. The number of aliphatic hydroxyl groups is 2. The summed E-state index contributed by atoms with van der Waals surface area (Å²) in [6, 6.07) is 19.2. The van der Waals surface area contributed by atoms with Crippen molar-refractivity contribution in [2.45, 2.75) is 76.7 Å². The summed E-state index contributed by atoms with van der Waals surface area (Å²) in [5, 5.41) is 21.3. The Morgan fingerprint density at radius 3 is 2.47 bits per heavy atom. The molecule has 2 N–H and O–H groups in total. The van der Waals surface area contributed by atoms with Crippen molar-refractivity contribution in [3.05, 3.63) is 71.8 Å². The molecule has 1 saturated heterocycles. The monoisotopic (exact) mass is 499 g/mol. The molecule has 0 aliphatic carbocycles. The van der Waals surface area contributed by atoms with Crippen molar-refractivity contribution in [1.82, 2.24) is 4.90 Å². The number of unbranched alkanes of at least 4 members (excludes halogenated alkanes) is 3. The molecule has 1 heterocycles. The van der Waals surface area contributed by atoms with Crippen LogP contribution in [0.4, 0.5) is 0 Å². The van der Waals surface area contributed by atoms with E-state index in [4.69, 9.17) is 14.2 Å². The van der Waals surface area contributed by atoms with E-state index in [0.717, 1.165) is 36.9 Å². The maximum absolute atomic E-state index is 12.3. The summed E-state index contributed by atoms with van der Waals surface area (Å²) in [7, 11) is 0. The van der Waals surface area contributed by atoms with E-state index in [-0.39, 0.29) is 19.2 Å². The predicted molar refractivity (Wildman–Crippen MR) is 138 cm³/mol. The zero-order chi connectivity index (χ0) is 25.6. The first-order valence-corrected chi connectivity index (χ1v) is 13.2. The smallest absolute Gasteiger partial charge is 0.307 e. The summed E-state index contributed by atoms with van der Waals surface area (Å²) >= 11 is 0. The summed E-state index contributed by atoms with van der Waals surface area (Å²) in [5.41, 5.74) is 1.82. The molecule has 2 aromatic rings. The van der Waals surface area contributed by atoms with Crippen molar-refractivity contribution in [2.75, 3.05) is 26.2 Å². The second kappa shape index (κ2) is 15.7. The lowest BCUT2D eigenvalue weighted by Gasteiger charge is -2.37. The minimum absolute atomic E-state index is 0.106. The highest BCUT2D eigenvalue weighted by Crippen LogP contribution is 2.28. The molecular weight excluding hydrogens is 458 g/mol. The normalized spacial score (nSPS) is 20.8. The van der Waals surface area contributed by atoms with Crippen LogP contribution in [0.25, 0.3) is 0 Å². The van der Waals surface area contributed by atoms with Crippen molar-refractivity contribution in [2.24, 2.45) is 0 Å². The highest BCUT2D eigenvalue weighted by Gasteiger charge is 2.36. The Morgan fingerprint density at radius 1 is 1.03 bits per heavy atom. The lowest BCUT2D eigenvalue weighted by atomic mass is 10.0. The SMILES string of the molecule is CCCCCCN(CCC(=O)OCc1ccccc1)CC[C@@H](O)[C@@H]1O[C@H](c2ccccc2)OC[C@H]1O. The van der Waals surface area contributed by atoms with Crippen LogP contribution in [0, 0.1) is 0 Å². The number of ether oxygens (including phenoxy) is 3. The zero-order valence-electron chi connectivity index (χ0n) is 21.3. The molecule has 4 atom stereocenters. The number of carbonyl (C=O) groups is 1. The number of aliphatic hydroxyl groups excluding tert-OH is 2. The summed E-state index contributed by atoms with van der Waals surface area (Å²) in [4.78, 5) is 14.5. The Bertz CT molecular complexity index is 865. The molecule has 1 fully saturated rings. The fourth-order valence-corrected chi connectivity index (χ4v) is 4.32. The van der Waals surface area contributed by atoms with E-state index in [1.54, 1.807) is 0 Å². The van der Waals surface area contributed by atoms with Gasteiger partial charge >= 0.3 is 5.97 Å². The first-order chi connectivity index (χ1) is 17.6. The second-order valence-electron chi connectivity index (χ2n) is 9.40. The molecule has 0 unspecified atom stereocenters. The molecule has 7 nitrogen and oxygen atoms in total. The Morgan fingerprint density at radius 2 is 1.75 bits per heavy atom. The highest BCUT2D eigenvalue weighted by atomic mass is 16.7. The molecule has 198 valence electrons. The number of nitrogens with zero attached hydrogens (tertiary/aromatic N) is 1. The molecule has 2 aromatic carbocycles. The van der Waals surface area contributed by atoms with Crippen LogP contribution in [0.1, 0.15) is 62.9 Å². The average molecular weight is 500 g/mol. The van der Waals surface area contributed by atoms with E-state index < -0.39 is 24.6 Å². The minimum atomic E-state index is -0.897. The molecule has 1 aliphatic rings. The maximum Gasteiger partial charge on any atom is 0.307 e. The van der Waals surface area contributed by atoms with Crippen LogP contribution in [-0.4, -0.2) is 65.6 Å². The molecule has 0 spiro atoms. The van der Waals surface area contributed by atoms with E-state index in [2.05, 4.69) is 11.8 Å². The zero-order valence-corrected chi connectivity index (χ0v) is 21.3. The van der Waals surface area contributed by atoms with Gasteiger partial charge in [0.15, 0.2) is 6.29 Å². The van der Waals surface area contributed by atoms with Gasteiger partial charge in [-0.05, 0) is 24.9 Å². The van der Waals surface area contributed by atoms with E-state index >= 15 is 0 Å². The van der Waals surface area contributed by atoms with Crippen LogP contribution in [0.5, 0.6) is 0 Å². The molecule has 36 heavy (non-hydrogen) atoms. The quantitative estimate of drug-likeness (QED) is 0.280. The van der Waals surface area contributed by atoms with Crippen LogP contribution in [-0.2, 0) is 25.6 Å². The highest BCUT2D eigenvalue weighted by molar-refractivity contribution is 5.69. The third-order valence-electron chi connectivity index (χ3n) is 6.47. The first-order valence-electron chi connectivity index (χ1n) is 13.2. The minimum Gasteiger partial charge on any atom is -0.461 e. The average Bonchev–Trinajstić information content (AvgIpc) is 2.92. The van der Waals surface area contributed by atoms with E-state index in [1.165, 1.54) is 6.42 Å². The van der Waals surface area contributed by atoms with E-state index in [1.807, 2.05) is 60.7 Å². The second-order valence-corrected chi connectivity index (χ2v) is 9.40. The molecule has 1 aliphatic heterocycles. The topological polar surface area (TPSA) is 88.5 Å². The lowest BCUT2D eigenvalue weighted by molar-refractivity contribution is -0.276. The number of hydrogen-bond donors (Lipinski definition) is 2. The van der Waals surface area contributed by atoms with Crippen molar-refractivity contribution >= 4 is 5.97 Å². The Labute approximate surface area is 215 Å². The van der Waals surface area contributed by atoms with Crippen molar-refractivity contribution in [1.29, 1.82) is 0 Å². The van der Waals surface area contributed by atoms with E-state index in [0.29, 0.717) is 25.9 Å². The van der Waals surface area contributed by atoms with Gasteiger partial charge in [-0.15, -0.1) is 0 Å². The number of carbonyl (C=O) groups excluding carboxylic acids is 1. The van der Waals surface area contributed by atoms with Gasteiger partial charge in [-0.1, -0.05) is 86.8 Å².